The van der Waals surface area contributed by atoms with Crippen LogP contribution in [0, 0.1) is 10.1 Å². The number of rotatable bonds is 5. The van der Waals surface area contributed by atoms with Gasteiger partial charge in [0.2, 0.25) is 0 Å². The first kappa shape index (κ1) is 15.1. The summed E-state index contributed by atoms with van der Waals surface area (Å²) in [6.07, 6.45) is 0. The summed E-state index contributed by atoms with van der Waals surface area (Å²) < 4.78 is 0. The fourth-order valence-electron chi connectivity index (χ4n) is 1.68. The molecule has 0 aliphatic rings. The van der Waals surface area contributed by atoms with Crippen LogP contribution < -0.4 is 0 Å². The molecule has 0 spiro atoms. The number of non-ortho nitro benzene ring substituents is 1. The number of nitrogens with zero attached hydrogens (tertiary/aromatic N) is 2. The lowest BCUT2D eigenvalue weighted by Crippen LogP contribution is -2.43. The number of nitro groups is 1. The van der Waals surface area contributed by atoms with Gasteiger partial charge in [0, 0.05) is 24.2 Å². The molecular weight excluding hydrogens is 248 g/mol. The van der Waals surface area contributed by atoms with E-state index in [1.807, 2.05) is 20.8 Å². The molecule has 0 aliphatic heterocycles. The fourth-order valence-corrected chi connectivity index (χ4v) is 1.68. The molecule has 0 aromatic heterocycles. The summed E-state index contributed by atoms with van der Waals surface area (Å²) in [6.45, 7) is 5.98. The van der Waals surface area contributed by atoms with Crippen molar-refractivity contribution in [3.8, 4) is 0 Å². The third-order valence-corrected chi connectivity index (χ3v) is 2.77. The second-order valence-electron chi connectivity index (χ2n) is 5.35. The van der Waals surface area contributed by atoms with E-state index in [1.54, 1.807) is 17.0 Å². The maximum atomic E-state index is 10.9. The molecule has 104 valence electrons. The van der Waals surface area contributed by atoms with Crippen LogP contribution in [0.3, 0.4) is 0 Å². The molecule has 0 fully saturated rings. The van der Waals surface area contributed by atoms with Crippen LogP contribution in [0.2, 0.25) is 0 Å². The zero-order chi connectivity index (χ0) is 14.6. The number of carboxylic acids is 1. The summed E-state index contributed by atoms with van der Waals surface area (Å²) in [5, 5.41) is 19.6. The minimum absolute atomic E-state index is 0.0154. The summed E-state index contributed by atoms with van der Waals surface area (Å²) in [5.41, 5.74) is 0.412. The van der Waals surface area contributed by atoms with Gasteiger partial charge >= 0.3 is 5.97 Å². The van der Waals surface area contributed by atoms with E-state index in [2.05, 4.69) is 0 Å². The van der Waals surface area contributed by atoms with Crippen LogP contribution >= 0.6 is 0 Å². The molecule has 1 rings (SSSR count). The third kappa shape index (κ3) is 4.67. The predicted molar refractivity (Wildman–Crippen MR) is 70.9 cm³/mol. The number of benzene rings is 1. The second-order valence-corrected chi connectivity index (χ2v) is 5.35. The van der Waals surface area contributed by atoms with Gasteiger partial charge in [0.1, 0.15) is 0 Å². The summed E-state index contributed by atoms with van der Waals surface area (Å²) in [4.78, 5) is 22.9. The van der Waals surface area contributed by atoms with Gasteiger partial charge < -0.3 is 5.11 Å². The average Bonchev–Trinajstić information content (AvgIpc) is 2.26. The highest BCUT2D eigenvalue weighted by atomic mass is 16.6. The van der Waals surface area contributed by atoms with Crippen LogP contribution in [-0.4, -0.2) is 33.0 Å². The number of aliphatic carboxylic acids is 1. The minimum Gasteiger partial charge on any atom is -0.480 e. The summed E-state index contributed by atoms with van der Waals surface area (Å²) in [6, 6.07) is 6.26. The smallest absolute Gasteiger partial charge is 0.317 e. The van der Waals surface area contributed by atoms with Crippen LogP contribution in [0.1, 0.15) is 26.3 Å². The van der Waals surface area contributed by atoms with E-state index >= 15 is 0 Å². The molecule has 0 saturated heterocycles. The molecule has 6 nitrogen and oxygen atoms in total. The Labute approximate surface area is 111 Å². The highest BCUT2D eigenvalue weighted by molar-refractivity contribution is 5.69. The molecular formula is C13H18N2O4. The van der Waals surface area contributed by atoms with Crippen molar-refractivity contribution in [2.75, 3.05) is 6.54 Å². The van der Waals surface area contributed by atoms with Crippen molar-refractivity contribution in [1.29, 1.82) is 0 Å². The summed E-state index contributed by atoms with van der Waals surface area (Å²) in [7, 11) is 0. The molecule has 1 aromatic carbocycles. The molecule has 1 aromatic rings. The van der Waals surface area contributed by atoms with Gasteiger partial charge in [0.05, 0.1) is 11.5 Å². The summed E-state index contributed by atoms with van der Waals surface area (Å²) in [5.74, 6) is -0.916. The Kier molecular flexibility index (Phi) is 4.61. The van der Waals surface area contributed by atoms with E-state index in [0.717, 1.165) is 5.56 Å². The average molecular weight is 266 g/mol. The maximum absolute atomic E-state index is 10.9. The van der Waals surface area contributed by atoms with Crippen LogP contribution in [0.15, 0.2) is 24.3 Å². The molecule has 6 heteroatoms. The van der Waals surface area contributed by atoms with E-state index in [1.165, 1.54) is 12.1 Å². The Morgan fingerprint density at radius 1 is 1.42 bits per heavy atom. The second kappa shape index (κ2) is 5.79. The zero-order valence-corrected chi connectivity index (χ0v) is 11.3. The quantitative estimate of drug-likeness (QED) is 0.653. The largest absolute Gasteiger partial charge is 0.480 e. The van der Waals surface area contributed by atoms with Crippen molar-refractivity contribution in [2.24, 2.45) is 0 Å². The molecule has 1 N–H and O–H groups in total. The predicted octanol–water partition coefficient (Wildman–Crippen LogP) is 2.28. The number of nitro benzene ring substituents is 1. The van der Waals surface area contributed by atoms with Crippen molar-refractivity contribution >= 4 is 11.7 Å². The van der Waals surface area contributed by atoms with Crippen LogP contribution in [0.25, 0.3) is 0 Å². The van der Waals surface area contributed by atoms with Crippen molar-refractivity contribution in [3.63, 3.8) is 0 Å². The lowest BCUT2D eigenvalue weighted by molar-refractivity contribution is -0.384. The fraction of sp³-hybridized carbons (Fsp3) is 0.462. The van der Waals surface area contributed by atoms with Gasteiger partial charge in [-0.1, -0.05) is 12.1 Å². The summed E-state index contributed by atoms with van der Waals surface area (Å²) >= 11 is 0. The van der Waals surface area contributed by atoms with Crippen LogP contribution in [0.5, 0.6) is 0 Å². The highest BCUT2D eigenvalue weighted by Crippen LogP contribution is 2.19. The number of hydrogen-bond donors (Lipinski definition) is 1. The van der Waals surface area contributed by atoms with Gasteiger partial charge in [-0.05, 0) is 26.3 Å². The van der Waals surface area contributed by atoms with E-state index in [0.29, 0.717) is 6.54 Å². The highest BCUT2D eigenvalue weighted by Gasteiger charge is 2.24. The normalized spacial score (nSPS) is 11.6. The third-order valence-electron chi connectivity index (χ3n) is 2.77. The topological polar surface area (TPSA) is 83.7 Å². The number of hydrogen-bond acceptors (Lipinski definition) is 4. The van der Waals surface area contributed by atoms with Gasteiger partial charge in [-0.3, -0.25) is 19.8 Å². The van der Waals surface area contributed by atoms with Crippen molar-refractivity contribution < 1.29 is 14.8 Å². The Morgan fingerprint density at radius 2 is 2.05 bits per heavy atom. The SMILES string of the molecule is CC(C)(C)N(CC(=O)O)Cc1cccc([N+](=O)[O-])c1. The van der Waals surface area contributed by atoms with Crippen molar-refractivity contribution in [2.45, 2.75) is 32.9 Å². The van der Waals surface area contributed by atoms with E-state index in [4.69, 9.17) is 5.11 Å². The molecule has 0 atom stereocenters. The molecule has 0 bridgehead atoms. The lowest BCUT2D eigenvalue weighted by Gasteiger charge is -2.34. The Hall–Kier alpha value is -1.95. The van der Waals surface area contributed by atoms with E-state index < -0.39 is 10.9 Å². The van der Waals surface area contributed by atoms with Crippen molar-refractivity contribution in [1.82, 2.24) is 4.90 Å². The van der Waals surface area contributed by atoms with Crippen molar-refractivity contribution in [3.05, 3.63) is 39.9 Å². The number of carbonyl (C=O) groups is 1. The zero-order valence-electron chi connectivity index (χ0n) is 11.3. The van der Waals surface area contributed by atoms with Gasteiger partial charge in [-0.2, -0.15) is 0 Å². The van der Waals surface area contributed by atoms with Crippen LogP contribution in [0.4, 0.5) is 5.69 Å². The number of carboxylic acid groups (broad SMARTS) is 1. The molecule has 0 amide bonds. The molecule has 0 heterocycles. The lowest BCUT2D eigenvalue weighted by atomic mass is 10.0. The molecule has 0 unspecified atom stereocenters. The van der Waals surface area contributed by atoms with Gasteiger partial charge in [0.25, 0.3) is 5.69 Å². The van der Waals surface area contributed by atoms with Gasteiger partial charge in [0.15, 0.2) is 0 Å². The standard InChI is InChI=1S/C13H18N2O4/c1-13(2,3)14(9-12(16)17)8-10-5-4-6-11(7-10)15(18)19/h4-7H,8-9H2,1-3H3,(H,16,17). The van der Waals surface area contributed by atoms with E-state index in [-0.39, 0.29) is 17.8 Å². The van der Waals surface area contributed by atoms with E-state index in [9.17, 15) is 14.9 Å². The Balaban J connectivity index is 2.93. The first-order chi connectivity index (χ1) is 8.70. The molecule has 0 radical (unpaired) electrons. The monoisotopic (exact) mass is 266 g/mol. The maximum Gasteiger partial charge on any atom is 0.317 e. The van der Waals surface area contributed by atoms with Crippen LogP contribution in [-0.2, 0) is 11.3 Å². The molecule has 0 saturated carbocycles. The Morgan fingerprint density at radius 3 is 2.53 bits per heavy atom. The molecule has 0 aliphatic carbocycles. The van der Waals surface area contributed by atoms with Gasteiger partial charge in [-0.15, -0.1) is 0 Å². The first-order valence-electron chi connectivity index (χ1n) is 5.90. The molecule has 19 heavy (non-hydrogen) atoms. The first-order valence-corrected chi connectivity index (χ1v) is 5.90. The Bertz CT molecular complexity index is 480. The van der Waals surface area contributed by atoms with Gasteiger partial charge in [-0.25, -0.2) is 0 Å². The minimum atomic E-state index is -0.916.